The van der Waals surface area contributed by atoms with Crippen LogP contribution in [0.2, 0.25) is 0 Å². The van der Waals surface area contributed by atoms with Crippen molar-refractivity contribution in [1.82, 2.24) is 9.97 Å². The Hall–Kier alpha value is -1.62. The number of aromatic nitrogens is 2. The van der Waals surface area contributed by atoms with Crippen LogP contribution in [0.1, 0.15) is 31.4 Å². The average molecular weight is 348 g/mol. The van der Waals surface area contributed by atoms with Crippen molar-refractivity contribution in [2.45, 2.75) is 25.7 Å². The van der Waals surface area contributed by atoms with Gasteiger partial charge in [0.25, 0.3) is 0 Å². The number of methoxy groups -OCH3 is 1. The number of rotatable bonds is 5. The normalized spacial score (nSPS) is 14.0. The van der Waals surface area contributed by atoms with E-state index in [0.29, 0.717) is 5.92 Å². The summed E-state index contributed by atoms with van der Waals surface area (Å²) < 4.78 is 6.18. The van der Waals surface area contributed by atoms with Crippen LogP contribution in [-0.2, 0) is 0 Å². The molecule has 1 heterocycles. The minimum absolute atomic E-state index is 0.603. The second-order valence-corrected chi connectivity index (χ2v) is 6.01. The number of nitrogens with zero attached hydrogens (tertiary/aromatic N) is 2. The van der Waals surface area contributed by atoms with Gasteiger partial charge in [0.2, 0.25) is 0 Å². The number of hydrogen-bond acceptors (Lipinski definition) is 4. The quantitative estimate of drug-likeness (QED) is 0.879. The first-order valence-corrected chi connectivity index (χ1v) is 7.97. The summed E-state index contributed by atoms with van der Waals surface area (Å²) in [5.74, 6) is 3.07. The maximum Gasteiger partial charge on any atom is 0.161 e. The fourth-order valence-electron chi connectivity index (χ4n) is 2.26. The molecule has 1 saturated carbocycles. The molecule has 1 aliphatic rings. The number of halogens is 1. The molecule has 0 spiro atoms. The summed E-state index contributed by atoms with van der Waals surface area (Å²) in [6.07, 6.45) is 2.46. The average Bonchev–Trinajstić information content (AvgIpc) is 3.32. The monoisotopic (exact) mass is 347 g/mol. The lowest BCUT2D eigenvalue weighted by Crippen LogP contribution is -2.03. The summed E-state index contributed by atoms with van der Waals surface area (Å²) in [5.41, 5.74) is 2.13. The Morgan fingerprint density at radius 3 is 2.71 bits per heavy atom. The second-order valence-electron chi connectivity index (χ2n) is 5.16. The van der Waals surface area contributed by atoms with Gasteiger partial charge in [0.1, 0.15) is 11.6 Å². The molecule has 4 nitrogen and oxygen atoms in total. The fourth-order valence-corrected chi connectivity index (χ4v) is 2.80. The zero-order valence-electron chi connectivity index (χ0n) is 12.2. The van der Waals surface area contributed by atoms with Gasteiger partial charge in [-0.3, -0.25) is 0 Å². The highest BCUT2D eigenvalue weighted by molar-refractivity contribution is 9.10. The Balaban J connectivity index is 2.01. The minimum atomic E-state index is 0.603. The van der Waals surface area contributed by atoms with Crippen LogP contribution in [0.4, 0.5) is 5.82 Å². The third kappa shape index (κ3) is 3.18. The van der Waals surface area contributed by atoms with E-state index in [2.05, 4.69) is 39.2 Å². The van der Waals surface area contributed by atoms with Crippen LogP contribution in [-0.4, -0.2) is 23.6 Å². The molecule has 110 valence electrons. The van der Waals surface area contributed by atoms with Crippen molar-refractivity contribution in [3.8, 4) is 17.1 Å². The molecule has 0 radical (unpaired) electrons. The van der Waals surface area contributed by atoms with E-state index in [1.807, 2.05) is 18.2 Å². The largest absolute Gasteiger partial charge is 0.496 e. The maximum absolute atomic E-state index is 5.27. The van der Waals surface area contributed by atoms with Crippen molar-refractivity contribution in [2.24, 2.45) is 0 Å². The molecule has 0 aliphatic heterocycles. The molecule has 21 heavy (non-hydrogen) atoms. The highest BCUT2D eigenvalue weighted by Gasteiger charge is 2.26. The first-order chi connectivity index (χ1) is 10.2. The van der Waals surface area contributed by atoms with E-state index in [1.54, 1.807) is 7.11 Å². The van der Waals surface area contributed by atoms with Gasteiger partial charge < -0.3 is 10.1 Å². The van der Waals surface area contributed by atoms with Crippen molar-refractivity contribution in [2.75, 3.05) is 19.0 Å². The molecular formula is C16H18BrN3O. The Kier molecular flexibility index (Phi) is 4.10. The Labute approximate surface area is 133 Å². The molecule has 5 heteroatoms. The highest BCUT2D eigenvalue weighted by Crippen LogP contribution is 2.40. The van der Waals surface area contributed by atoms with Crippen LogP contribution in [0, 0.1) is 0 Å². The third-order valence-electron chi connectivity index (χ3n) is 3.51. The van der Waals surface area contributed by atoms with Crippen LogP contribution in [0.25, 0.3) is 11.4 Å². The van der Waals surface area contributed by atoms with E-state index in [-0.39, 0.29) is 0 Å². The number of anilines is 1. The summed E-state index contributed by atoms with van der Waals surface area (Å²) in [7, 11) is 1.66. The third-order valence-corrected chi connectivity index (χ3v) is 4.13. The topological polar surface area (TPSA) is 47.0 Å². The van der Waals surface area contributed by atoms with Gasteiger partial charge in [-0.25, -0.2) is 9.97 Å². The van der Waals surface area contributed by atoms with Crippen LogP contribution in [0.15, 0.2) is 28.7 Å². The summed E-state index contributed by atoms with van der Waals surface area (Å²) in [6, 6.07) is 7.99. The van der Waals surface area contributed by atoms with Crippen molar-refractivity contribution < 1.29 is 4.74 Å². The SMILES string of the molecule is CCNc1cc(C2CC2)nc(-c2ccc(OC)c(Br)c2)n1. The lowest BCUT2D eigenvalue weighted by Gasteiger charge is -2.10. The molecule has 3 rings (SSSR count). The standard InChI is InChI=1S/C16H18BrN3O/c1-3-18-15-9-13(10-4-5-10)19-16(20-15)11-6-7-14(21-2)12(17)8-11/h6-10H,3-5H2,1-2H3,(H,18,19,20). The lowest BCUT2D eigenvalue weighted by molar-refractivity contribution is 0.412. The Morgan fingerprint density at radius 1 is 1.29 bits per heavy atom. The zero-order valence-corrected chi connectivity index (χ0v) is 13.8. The van der Waals surface area contributed by atoms with Gasteiger partial charge in [0.15, 0.2) is 5.82 Å². The molecule has 1 aromatic heterocycles. The van der Waals surface area contributed by atoms with E-state index in [9.17, 15) is 0 Å². The van der Waals surface area contributed by atoms with Gasteiger partial charge in [-0.2, -0.15) is 0 Å². The van der Waals surface area contributed by atoms with Gasteiger partial charge in [0, 0.05) is 29.8 Å². The molecule has 0 unspecified atom stereocenters. The smallest absolute Gasteiger partial charge is 0.161 e. The molecule has 0 atom stereocenters. The second kappa shape index (κ2) is 6.02. The van der Waals surface area contributed by atoms with Gasteiger partial charge in [-0.1, -0.05) is 0 Å². The molecule has 0 amide bonds. The predicted octanol–water partition coefficient (Wildman–Crippen LogP) is 4.22. The Morgan fingerprint density at radius 2 is 2.10 bits per heavy atom. The molecule has 2 aromatic rings. The molecule has 1 N–H and O–H groups in total. The van der Waals surface area contributed by atoms with Crippen LogP contribution >= 0.6 is 15.9 Å². The van der Waals surface area contributed by atoms with Gasteiger partial charge in [-0.15, -0.1) is 0 Å². The van der Waals surface area contributed by atoms with E-state index in [1.165, 1.54) is 12.8 Å². The number of nitrogens with one attached hydrogen (secondary N) is 1. The van der Waals surface area contributed by atoms with Crippen LogP contribution in [0.3, 0.4) is 0 Å². The van der Waals surface area contributed by atoms with Gasteiger partial charge >= 0.3 is 0 Å². The van der Waals surface area contributed by atoms with Crippen molar-refractivity contribution in [3.05, 3.63) is 34.4 Å². The Bertz CT molecular complexity index is 656. The molecular weight excluding hydrogens is 330 g/mol. The first-order valence-electron chi connectivity index (χ1n) is 7.18. The molecule has 1 fully saturated rings. The minimum Gasteiger partial charge on any atom is -0.496 e. The summed E-state index contributed by atoms with van der Waals surface area (Å²) in [6.45, 7) is 2.93. The molecule has 1 aromatic carbocycles. The summed E-state index contributed by atoms with van der Waals surface area (Å²) in [4.78, 5) is 9.35. The van der Waals surface area contributed by atoms with Crippen LogP contribution in [0.5, 0.6) is 5.75 Å². The van der Waals surface area contributed by atoms with Crippen molar-refractivity contribution in [1.29, 1.82) is 0 Å². The number of benzene rings is 1. The molecule has 1 aliphatic carbocycles. The van der Waals surface area contributed by atoms with E-state index in [4.69, 9.17) is 9.72 Å². The van der Waals surface area contributed by atoms with Crippen molar-refractivity contribution >= 4 is 21.7 Å². The molecule has 0 bridgehead atoms. The number of ether oxygens (including phenoxy) is 1. The maximum atomic E-state index is 5.27. The highest BCUT2D eigenvalue weighted by atomic mass is 79.9. The van der Waals surface area contributed by atoms with E-state index < -0.39 is 0 Å². The van der Waals surface area contributed by atoms with Crippen molar-refractivity contribution in [3.63, 3.8) is 0 Å². The predicted molar refractivity (Wildman–Crippen MR) is 87.9 cm³/mol. The van der Waals surface area contributed by atoms with Crippen LogP contribution < -0.4 is 10.1 Å². The number of hydrogen-bond donors (Lipinski definition) is 1. The van der Waals surface area contributed by atoms with Gasteiger partial charge in [-0.05, 0) is 53.9 Å². The summed E-state index contributed by atoms with van der Waals surface area (Å²) in [5, 5.41) is 3.29. The fraction of sp³-hybridized carbons (Fsp3) is 0.375. The van der Waals surface area contributed by atoms with Gasteiger partial charge in [0.05, 0.1) is 11.6 Å². The van der Waals surface area contributed by atoms with E-state index >= 15 is 0 Å². The zero-order chi connectivity index (χ0) is 14.8. The first kappa shape index (κ1) is 14.3. The molecule has 0 saturated heterocycles. The lowest BCUT2D eigenvalue weighted by atomic mass is 10.2. The summed E-state index contributed by atoms with van der Waals surface area (Å²) >= 11 is 3.52. The van der Waals surface area contributed by atoms with E-state index in [0.717, 1.165) is 39.7 Å².